The minimum absolute atomic E-state index is 0.560. The molecule has 1 saturated heterocycles. The summed E-state index contributed by atoms with van der Waals surface area (Å²) in [6, 6.07) is 20.2. The van der Waals surface area contributed by atoms with Crippen molar-refractivity contribution >= 4 is 5.69 Å². The molecule has 25 heavy (non-hydrogen) atoms. The van der Waals surface area contributed by atoms with Crippen LogP contribution in [0.5, 0.6) is 0 Å². The molecule has 0 spiro atoms. The molecule has 0 aliphatic carbocycles. The van der Waals surface area contributed by atoms with Gasteiger partial charge in [0.25, 0.3) is 0 Å². The van der Waals surface area contributed by atoms with Crippen molar-refractivity contribution in [2.45, 2.75) is 38.8 Å². The van der Waals surface area contributed by atoms with Gasteiger partial charge in [-0.2, -0.15) is 0 Å². The van der Waals surface area contributed by atoms with Crippen LogP contribution in [0.2, 0.25) is 0 Å². The highest BCUT2D eigenvalue weighted by molar-refractivity contribution is 5.45. The van der Waals surface area contributed by atoms with E-state index in [9.17, 15) is 0 Å². The molecule has 1 aliphatic heterocycles. The molecule has 3 nitrogen and oxygen atoms in total. The van der Waals surface area contributed by atoms with Crippen LogP contribution in [0.1, 0.15) is 43.4 Å². The Morgan fingerprint density at radius 1 is 1.00 bits per heavy atom. The Balaban J connectivity index is 1.63. The van der Waals surface area contributed by atoms with Crippen molar-refractivity contribution in [1.29, 1.82) is 0 Å². The lowest BCUT2D eigenvalue weighted by Crippen LogP contribution is -2.45. The van der Waals surface area contributed by atoms with E-state index in [2.05, 4.69) is 77.1 Å². The van der Waals surface area contributed by atoms with E-state index in [1.165, 1.54) is 36.1 Å². The lowest BCUT2D eigenvalue weighted by Gasteiger charge is -2.35. The second kappa shape index (κ2) is 9.59. The fourth-order valence-corrected chi connectivity index (χ4v) is 3.57. The van der Waals surface area contributed by atoms with Gasteiger partial charge in [-0.25, -0.2) is 0 Å². The molecule has 2 aromatic carbocycles. The molecule has 2 N–H and O–H groups in total. The first-order valence-electron chi connectivity index (χ1n) is 9.69. The van der Waals surface area contributed by atoms with E-state index in [0.29, 0.717) is 6.04 Å². The molecule has 134 valence electrons. The monoisotopic (exact) mass is 337 g/mol. The first kappa shape index (κ1) is 18.0. The topological polar surface area (TPSA) is 27.3 Å². The molecule has 0 radical (unpaired) electrons. The minimum Gasteiger partial charge on any atom is -0.381 e. The first-order chi connectivity index (χ1) is 12.4. The Kier molecular flexibility index (Phi) is 6.89. The quantitative estimate of drug-likeness (QED) is 0.746. The van der Waals surface area contributed by atoms with Crippen LogP contribution in [0.4, 0.5) is 5.69 Å². The lowest BCUT2D eigenvalue weighted by molar-refractivity contribution is 0.163. The zero-order valence-corrected chi connectivity index (χ0v) is 15.4. The van der Waals surface area contributed by atoms with Gasteiger partial charge in [0, 0.05) is 44.5 Å². The Bertz CT molecular complexity index is 603. The van der Waals surface area contributed by atoms with Crippen LogP contribution in [0.15, 0.2) is 54.6 Å². The van der Waals surface area contributed by atoms with E-state index in [-0.39, 0.29) is 0 Å². The smallest absolute Gasteiger partial charge is 0.0400 e. The largest absolute Gasteiger partial charge is 0.381 e. The van der Waals surface area contributed by atoms with Gasteiger partial charge in [0.2, 0.25) is 0 Å². The van der Waals surface area contributed by atoms with E-state index in [0.717, 1.165) is 32.7 Å². The molecule has 1 fully saturated rings. The maximum absolute atomic E-state index is 3.53. The van der Waals surface area contributed by atoms with Gasteiger partial charge < -0.3 is 10.6 Å². The summed E-state index contributed by atoms with van der Waals surface area (Å²) in [7, 11) is 0. The van der Waals surface area contributed by atoms with Crippen molar-refractivity contribution in [1.82, 2.24) is 10.2 Å². The van der Waals surface area contributed by atoms with Crippen LogP contribution in [0.25, 0.3) is 0 Å². The van der Waals surface area contributed by atoms with E-state index in [1.54, 1.807) is 0 Å². The van der Waals surface area contributed by atoms with Crippen LogP contribution in [0.3, 0.4) is 0 Å². The third-order valence-electron chi connectivity index (χ3n) is 5.06. The molecule has 0 bridgehead atoms. The molecule has 1 atom stereocenters. The Morgan fingerprint density at radius 2 is 1.72 bits per heavy atom. The van der Waals surface area contributed by atoms with Crippen molar-refractivity contribution in [3.63, 3.8) is 0 Å². The molecule has 3 rings (SSSR count). The summed E-state index contributed by atoms with van der Waals surface area (Å²) in [5.41, 5.74) is 3.97. The van der Waals surface area contributed by atoms with Crippen LogP contribution in [0, 0.1) is 0 Å². The van der Waals surface area contributed by atoms with Crippen LogP contribution in [-0.4, -0.2) is 31.1 Å². The third-order valence-corrected chi connectivity index (χ3v) is 5.06. The average Bonchev–Trinajstić information content (AvgIpc) is 2.69. The van der Waals surface area contributed by atoms with Crippen molar-refractivity contribution in [3.05, 3.63) is 65.7 Å². The third kappa shape index (κ3) is 5.32. The minimum atomic E-state index is 0.560. The summed E-state index contributed by atoms with van der Waals surface area (Å²) in [4.78, 5) is 2.65. The first-order valence-corrected chi connectivity index (χ1v) is 9.69. The predicted octanol–water partition coefficient (Wildman–Crippen LogP) is 4.44. The van der Waals surface area contributed by atoms with Gasteiger partial charge in [-0.1, -0.05) is 62.2 Å². The fraction of sp³-hybridized carbons (Fsp3) is 0.455. The zero-order chi connectivity index (χ0) is 17.3. The molecule has 3 heteroatoms. The zero-order valence-electron chi connectivity index (χ0n) is 15.4. The van der Waals surface area contributed by atoms with Gasteiger partial charge in [-0.05, 0) is 29.7 Å². The molecule has 2 aromatic rings. The Hall–Kier alpha value is -1.84. The van der Waals surface area contributed by atoms with E-state index in [1.807, 2.05) is 0 Å². The molecule has 0 saturated carbocycles. The molecule has 1 heterocycles. The van der Waals surface area contributed by atoms with E-state index in [4.69, 9.17) is 0 Å². The number of anilines is 1. The summed E-state index contributed by atoms with van der Waals surface area (Å²) < 4.78 is 0. The van der Waals surface area contributed by atoms with Gasteiger partial charge in [-0.3, -0.25) is 4.90 Å². The van der Waals surface area contributed by atoms with Crippen molar-refractivity contribution in [3.8, 4) is 0 Å². The summed E-state index contributed by atoms with van der Waals surface area (Å²) >= 11 is 0. The van der Waals surface area contributed by atoms with Gasteiger partial charge in [0.15, 0.2) is 0 Å². The molecule has 0 unspecified atom stereocenters. The number of nitrogens with one attached hydrogen (secondary N) is 2. The fourth-order valence-electron chi connectivity index (χ4n) is 3.57. The summed E-state index contributed by atoms with van der Waals surface area (Å²) in [5.74, 6) is 0. The second-order valence-corrected chi connectivity index (χ2v) is 6.91. The maximum Gasteiger partial charge on any atom is 0.0400 e. The van der Waals surface area contributed by atoms with Crippen LogP contribution in [-0.2, 0) is 6.54 Å². The molecular formula is C22H31N3. The molecule has 0 amide bonds. The SMILES string of the molecule is CCCC[C@H](c1ccc(NCc2ccccc2)cc1)N1CCNCC1. The standard InChI is InChI=1S/C22H31N3/c1-2-3-9-22(25-16-14-23-15-17-25)20-10-12-21(13-11-20)24-18-19-7-5-4-6-8-19/h4-8,10-13,22-24H,2-3,9,14-18H2,1H3/t22-/m1/s1. The summed E-state index contributed by atoms with van der Waals surface area (Å²) in [5, 5.41) is 6.99. The van der Waals surface area contributed by atoms with Gasteiger partial charge in [0.1, 0.15) is 0 Å². The van der Waals surface area contributed by atoms with E-state index < -0.39 is 0 Å². The second-order valence-electron chi connectivity index (χ2n) is 6.91. The number of nitrogens with zero attached hydrogens (tertiary/aromatic N) is 1. The van der Waals surface area contributed by atoms with Crippen LogP contribution < -0.4 is 10.6 Å². The molecule has 1 aliphatic rings. The van der Waals surface area contributed by atoms with E-state index >= 15 is 0 Å². The highest BCUT2D eigenvalue weighted by Gasteiger charge is 2.21. The van der Waals surface area contributed by atoms with Crippen LogP contribution >= 0.6 is 0 Å². The number of unbranched alkanes of at least 4 members (excludes halogenated alkanes) is 1. The predicted molar refractivity (Wildman–Crippen MR) is 107 cm³/mol. The molecular weight excluding hydrogens is 306 g/mol. The number of benzene rings is 2. The number of hydrogen-bond donors (Lipinski definition) is 2. The van der Waals surface area contributed by atoms with Gasteiger partial charge >= 0.3 is 0 Å². The normalized spacial score (nSPS) is 16.5. The number of rotatable bonds is 8. The number of piperazine rings is 1. The van der Waals surface area contributed by atoms with Gasteiger partial charge in [-0.15, -0.1) is 0 Å². The maximum atomic E-state index is 3.53. The molecule has 0 aromatic heterocycles. The summed E-state index contributed by atoms with van der Waals surface area (Å²) in [6.45, 7) is 7.69. The van der Waals surface area contributed by atoms with Crippen molar-refractivity contribution < 1.29 is 0 Å². The van der Waals surface area contributed by atoms with Crippen molar-refractivity contribution in [2.24, 2.45) is 0 Å². The highest BCUT2D eigenvalue weighted by Crippen LogP contribution is 2.28. The number of hydrogen-bond acceptors (Lipinski definition) is 3. The lowest BCUT2D eigenvalue weighted by atomic mass is 9.98. The Labute approximate surface area is 152 Å². The Morgan fingerprint density at radius 3 is 2.40 bits per heavy atom. The van der Waals surface area contributed by atoms with Gasteiger partial charge in [0.05, 0.1) is 0 Å². The highest BCUT2D eigenvalue weighted by atomic mass is 15.2. The summed E-state index contributed by atoms with van der Waals surface area (Å²) in [6.07, 6.45) is 3.81. The average molecular weight is 338 g/mol. The van der Waals surface area contributed by atoms with Crippen molar-refractivity contribution in [2.75, 3.05) is 31.5 Å².